The number of nitrogens with one attached hydrogen (secondary N) is 1. The molecule has 1 aliphatic heterocycles. The normalized spacial score (nSPS) is 17.5. The van der Waals surface area contributed by atoms with E-state index in [2.05, 4.69) is 16.8 Å². The minimum absolute atomic E-state index is 0.0364. The summed E-state index contributed by atoms with van der Waals surface area (Å²) < 4.78 is 30.7. The van der Waals surface area contributed by atoms with Gasteiger partial charge in [-0.1, -0.05) is 25.1 Å². The molecule has 1 atom stereocenters. The van der Waals surface area contributed by atoms with Crippen molar-refractivity contribution in [2.75, 3.05) is 19.6 Å². The van der Waals surface area contributed by atoms with Crippen molar-refractivity contribution in [2.24, 2.45) is 0 Å². The quantitative estimate of drug-likeness (QED) is 0.365. The standard InChI is InChI=1S/C23H24F2N4O2/c1-2-28-10-4-7-18(14-28)29-20-13-17(24)12-19(25)22(20)26-23(29)16-6-3-5-15(11-16)8-9-21(30)27-31/h3,5-6,8-9,11-13,18,31H,2,4,7,10,14H2,1H3,(H,27,30)/b9-8+. The van der Waals surface area contributed by atoms with Crippen LogP contribution in [0, 0.1) is 11.6 Å². The summed E-state index contributed by atoms with van der Waals surface area (Å²) in [6.45, 7) is 4.80. The molecule has 2 aromatic carbocycles. The van der Waals surface area contributed by atoms with E-state index in [1.807, 2.05) is 22.8 Å². The Morgan fingerprint density at radius 1 is 1.32 bits per heavy atom. The molecule has 0 radical (unpaired) electrons. The number of hydrogen-bond donors (Lipinski definition) is 2. The number of carbonyl (C=O) groups excluding carboxylic acids is 1. The number of piperidine rings is 1. The molecular formula is C23H24F2N4O2. The zero-order valence-electron chi connectivity index (χ0n) is 17.2. The van der Waals surface area contributed by atoms with Gasteiger partial charge in [0.15, 0.2) is 5.82 Å². The van der Waals surface area contributed by atoms with E-state index >= 15 is 0 Å². The van der Waals surface area contributed by atoms with Crippen molar-refractivity contribution in [3.8, 4) is 11.4 Å². The molecule has 162 valence electrons. The van der Waals surface area contributed by atoms with Gasteiger partial charge in [-0.15, -0.1) is 0 Å². The first-order chi connectivity index (χ1) is 15.0. The summed E-state index contributed by atoms with van der Waals surface area (Å²) in [5.74, 6) is -1.40. The molecule has 1 amide bonds. The van der Waals surface area contributed by atoms with Gasteiger partial charge in [0.05, 0.1) is 5.52 Å². The van der Waals surface area contributed by atoms with Gasteiger partial charge in [-0.25, -0.2) is 19.2 Å². The minimum Gasteiger partial charge on any atom is -0.319 e. The predicted octanol–water partition coefficient (Wildman–Crippen LogP) is 4.16. The van der Waals surface area contributed by atoms with Gasteiger partial charge in [-0.05, 0) is 49.7 Å². The number of hydroxylamine groups is 1. The van der Waals surface area contributed by atoms with E-state index in [1.165, 1.54) is 12.1 Å². The molecule has 1 aromatic heterocycles. The number of fused-ring (bicyclic) bond motifs is 1. The molecule has 1 unspecified atom stereocenters. The van der Waals surface area contributed by atoms with Crippen molar-refractivity contribution in [1.82, 2.24) is 19.9 Å². The average molecular weight is 426 g/mol. The highest BCUT2D eigenvalue weighted by Crippen LogP contribution is 2.34. The maximum Gasteiger partial charge on any atom is 0.267 e. The van der Waals surface area contributed by atoms with Crippen molar-refractivity contribution in [1.29, 1.82) is 0 Å². The Morgan fingerprint density at radius 3 is 2.94 bits per heavy atom. The largest absolute Gasteiger partial charge is 0.319 e. The lowest BCUT2D eigenvalue weighted by Crippen LogP contribution is -2.36. The highest BCUT2D eigenvalue weighted by Gasteiger charge is 2.26. The van der Waals surface area contributed by atoms with Crippen molar-refractivity contribution < 1.29 is 18.8 Å². The Balaban J connectivity index is 1.85. The van der Waals surface area contributed by atoms with Crippen molar-refractivity contribution >= 4 is 23.0 Å². The number of amides is 1. The van der Waals surface area contributed by atoms with E-state index in [-0.39, 0.29) is 11.6 Å². The Labute approximate surface area is 178 Å². The molecular weight excluding hydrogens is 402 g/mol. The van der Waals surface area contributed by atoms with Crippen LogP contribution in [0.15, 0.2) is 42.5 Å². The summed E-state index contributed by atoms with van der Waals surface area (Å²) in [6.07, 6.45) is 4.65. The molecule has 0 bridgehead atoms. The first kappa shape index (κ1) is 21.1. The second kappa shape index (κ2) is 8.95. The first-order valence-corrected chi connectivity index (χ1v) is 10.3. The third-order valence-corrected chi connectivity index (χ3v) is 5.69. The first-order valence-electron chi connectivity index (χ1n) is 10.3. The Kier molecular flexibility index (Phi) is 6.11. The maximum atomic E-state index is 14.6. The van der Waals surface area contributed by atoms with Gasteiger partial charge in [0.25, 0.3) is 5.91 Å². The molecule has 8 heteroatoms. The molecule has 3 aromatic rings. The number of likely N-dealkylation sites (tertiary alicyclic amines) is 1. The maximum absolute atomic E-state index is 14.6. The molecule has 1 aliphatic rings. The third-order valence-electron chi connectivity index (χ3n) is 5.69. The van der Waals surface area contributed by atoms with Crippen LogP contribution in [0.25, 0.3) is 28.5 Å². The van der Waals surface area contributed by atoms with E-state index in [9.17, 15) is 13.6 Å². The summed E-state index contributed by atoms with van der Waals surface area (Å²) in [7, 11) is 0. The number of hydrogen-bond acceptors (Lipinski definition) is 4. The van der Waals surface area contributed by atoms with Gasteiger partial charge in [-0.2, -0.15) is 0 Å². The van der Waals surface area contributed by atoms with Crippen LogP contribution in [0.4, 0.5) is 8.78 Å². The molecule has 31 heavy (non-hydrogen) atoms. The molecule has 0 spiro atoms. The Hall–Kier alpha value is -3.10. The van der Waals surface area contributed by atoms with Gasteiger partial charge >= 0.3 is 0 Å². The van der Waals surface area contributed by atoms with Gasteiger partial charge in [0.2, 0.25) is 0 Å². The van der Waals surface area contributed by atoms with E-state index in [4.69, 9.17) is 5.21 Å². The lowest BCUT2D eigenvalue weighted by molar-refractivity contribution is -0.124. The van der Waals surface area contributed by atoms with E-state index in [0.29, 0.717) is 16.9 Å². The Morgan fingerprint density at radius 2 is 2.16 bits per heavy atom. The number of rotatable bonds is 5. The van der Waals surface area contributed by atoms with Crippen LogP contribution in [0.1, 0.15) is 31.4 Å². The van der Waals surface area contributed by atoms with Gasteiger partial charge in [0, 0.05) is 30.3 Å². The number of benzene rings is 2. The second-order valence-electron chi connectivity index (χ2n) is 7.68. The van der Waals surface area contributed by atoms with Crippen LogP contribution in [-0.4, -0.2) is 45.2 Å². The van der Waals surface area contributed by atoms with Crippen LogP contribution >= 0.6 is 0 Å². The van der Waals surface area contributed by atoms with Crippen LogP contribution in [0.3, 0.4) is 0 Å². The van der Waals surface area contributed by atoms with Crippen molar-refractivity contribution in [3.05, 3.63) is 59.7 Å². The van der Waals surface area contributed by atoms with Crippen LogP contribution in [-0.2, 0) is 4.79 Å². The van der Waals surface area contributed by atoms with Crippen molar-refractivity contribution in [3.63, 3.8) is 0 Å². The molecule has 1 fully saturated rings. The van der Waals surface area contributed by atoms with Gasteiger partial charge < -0.3 is 9.47 Å². The number of imidazole rings is 1. The second-order valence-corrected chi connectivity index (χ2v) is 7.68. The zero-order chi connectivity index (χ0) is 22.0. The number of nitrogens with zero attached hydrogens (tertiary/aromatic N) is 3. The zero-order valence-corrected chi connectivity index (χ0v) is 17.2. The Bertz CT molecular complexity index is 1140. The number of carbonyl (C=O) groups is 1. The fourth-order valence-electron chi connectivity index (χ4n) is 4.21. The monoisotopic (exact) mass is 426 g/mol. The summed E-state index contributed by atoms with van der Waals surface area (Å²) >= 11 is 0. The van der Waals surface area contributed by atoms with E-state index in [0.717, 1.165) is 44.1 Å². The number of halogens is 2. The SMILES string of the molecule is CCN1CCCC(n2c(-c3cccc(/C=C/C(=O)NO)c3)nc3c(F)cc(F)cc32)C1. The highest BCUT2D eigenvalue weighted by atomic mass is 19.1. The predicted molar refractivity (Wildman–Crippen MR) is 114 cm³/mol. The van der Waals surface area contributed by atoms with E-state index in [1.54, 1.807) is 17.6 Å². The van der Waals surface area contributed by atoms with E-state index < -0.39 is 17.5 Å². The smallest absolute Gasteiger partial charge is 0.267 e. The average Bonchev–Trinajstić information content (AvgIpc) is 3.17. The van der Waals surface area contributed by atoms with Crippen LogP contribution in [0.2, 0.25) is 0 Å². The molecule has 1 saturated heterocycles. The lowest BCUT2D eigenvalue weighted by Gasteiger charge is -2.33. The fraction of sp³-hybridized carbons (Fsp3) is 0.304. The molecule has 0 aliphatic carbocycles. The summed E-state index contributed by atoms with van der Waals surface area (Å²) in [4.78, 5) is 18.2. The van der Waals surface area contributed by atoms with Gasteiger partial charge in [-0.3, -0.25) is 10.0 Å². The summed E-state index contributed by atoms with van der Waals surface area (Å²) in [5, 5.41) is 8.66. The minimum atomic E-state index is -0.686. The van der Waals surface area contributed by atoms with Crippen LogP contribution in [0.5, 0.6) is 0 Å². The summed E-state index contributed by atoms with van der Waals surface area (Å²) in [5.41, 5.74) is 3.58. The molecule has 0 saturated carbocycles. The van der Waals surface area contributed by atoms with Crippen molar-refractivity contribution in [2.45, 2.75) is 25.8 Å². The summed E-state index contributed by atoms with van der Waals surface area (Å²) in [6, 6.07) is 9.53. The molecule has 6 nitrogen and oxygen atoms in total. The topological polar surface area (TPSA) is 70.4 Å². The van der Waals surface area contributed by atoms with Crippen LogP contribution < -0.4 is 5.48 Å². The third kappa shape index (κ3) is 4.35. The fourth-order valence-corrected chi connectivity index (χ4v) is 4.21. The lowest BCUT2D eigenvalue weighted by atomic mass is 10.0. The van der Waals surface area contributed by atoms with Gasteiger partial charge in [0.1, 0.15) is 17.2 Å². The highest BCUT2D eigenvalue weighted by molar-refractivity contribution is 5.91. The number of aromatic nitrogens is 2. The number of likely N-dealkylation sites (N-methyl/N-ethyl adjacent to an activating group) is 1. The molecule has 4 rings (SSSR count). The molecule has 2 heterocycles. The molecule has 2 N–H and O–H groups in total.